The first-order chi connectivity index (χ1) is 9.26. The van der Waals surface area contributed by atoms with Crippen LogP contribution in [0.2, 0.25) is 0 Å². The number of nitrogens with zero attached hydrogens (tertiary/aromatic N) is 3. The third-order valence-corrected chi connectivity index (χ3v) is 3.06. The molecule has 2 aromatic heterocycles. The van der Waals surface area contributed by atoms with Gasteiger partial charge in [0.15, 0.2) is 0 Å². The number of esters is 1. The molecule has 2 aromatic rings. The molecule has 0 radical (unpaired) electrons. The minimum Gasteiger partial charge on any atom is -0.460 e. The quantitative estimate of drug-likeness (QED) is 0.771. The zero-order valence-electron chi connectivity index (χ0n) is 10.7. The summed E-state index contributed by atoms with van der Waals surface area (Å²) in [7, 11) is 0. The van der Waals surface area contributed by atoms with Crippen LogP contribution in [-0.4, -0.2) is 27.5 Å². The van der Waals surface area contributed by atoms with Crippen LogP contribution in [0.3, 0.4) is 0 Å². The molecule has 0 saturated heterocycles. The van der Waals surface area contributed by atoms with Crippen molar-refractivity contribution >= 4 is 5.97 Å². The highest BCUT2D eigenvalue weighted by atomic mass is 16.6. The van der Waals surface area contributed by atoms with Gasteiger partial charge in [0.25, 0.3) is 0 Å². The fraction of sp³-hybridized carbons (Fsp3) is 0.462. The Balaban J connectivity index is 1.74. The van der Waals surface area contributed by atoms with Gasteiger partial charge in [-0.05, 0) is 25.7 Å². The molecule has 19 heavy (non-hydrogen) atoms. The van der Waals surface area contributed by atoms with Crippen molar-refractivity contribution < 1.29 is 14.1 Å². The lowest BCUT2D eigenvalue weighted by Crippen LogP contribution is -2.02. The van der Waals surface area contributed by atoms with Crippen molar-refractivity contribution in [2.24, 2.45) is 5.92 Å². The van der Waals surface area contributed by atoms with Gasteiger partial charge in [-0.15, -0.1) is 0 Å². The van der Waals surface area contributed by atoms with Crippen molar-refractivity contribution in [3.8, 4) is 11.3 Å². The standard InChI is InChI=1S/C13H15N3O3/c1-2-18-13(17)12-5-11(15-19-12)10-6-14-16(8-10)7-9-3-4-9/h5-6,8-9H,2-4,7H2,1H3. The van der Waals surface area contributed by atoms with E-state index in [1.807, 2.05) is 10.9 Å². The summed E-state index contributed by atoms with van der Waals surface area (Å²) in [5, 5.41) is 8.15. The Hall–Kier alpha value is -2.11. The van der Waals surface area contributed by atoms with Crippen molar-refractivity contribution in [2.45, 2.75) is 26.3 Å². The van der Waals surface area contributed by atoms with E-state index in [9.17, 15) is 4.79 Å². The average molecular weight is 261 g/mol. The van der Waals surface area contributed by atoms with Crippen molar-refractivity contribution in [3.63, 3.8) is 0 Å². The van der Waals surface area contributed by atoms with E-state index >= 15 is 0 Å². The lowest BCUT2D eigenvalue weighted by Gasteiger charge is -1.95. The minimum absolute atomic E-state index is 0.117. The normalized spacial score (nSPS) is 14.6. The van der Waals surface area contributed by atoms with Crippen LogP contribution in [0.1, 0.15) is 30.3 Å². The number of ether oxygens (including phenoxy) is 1. The summed E-state index contributed by atoms with van der Waals surface area (Å²) >= 11 is 0. The maximum atomic E-state index is 11.5. The van der Waals surface area contributed by atoms with Gasteiger partial charge in [0.2, 0.25) is 5.76 Å². The molecule has 0 N–H and O–H groups in total. The molecular weight excluding hydrogens is 246 g/mol. The van der Waals surface area contributed by atoms with E-state index in [1.54, 1.807) is 19.2 Å². The monoisotopic (exact) mass is 261 g/mol. The Morgan fingerprint density at radius 3 is 3.16 bits per heavy atom. The van der Waals surface area contributed by atoms with Crippen molar-refractivity contribution in [1.82, 2.24) is 14.9 Å². The predicted molar refractivity (Wildman–Crippen MR) is 66.4 cm³/mol. The largest absolute Gasteiger partial charge is 0.460 e. The molecule has 1 saturated carbocycles. The first kappa shape index (κ1) is 12.0. The molecule has 3 rings (SSSR count). The Kier molecular flexibility index (Phi) is 3.06. The maximum Gasteiger partial charge on any atom is 0.377 e. The summed E-state index contributed by atoms with van der Waals surface area (Å²) in [6.45, 7) is 3.01. The molecule has 0 aliphatic heterocycles. The van der Waals surface area contributed by atoms with Crippen LogP contribution >= 0.6 is 0 Å². The summed E-state index contributed by atoms with van der Waals surface area (Å²) in [6.07, 6.45) is 6.22. The van der Waals surface area contributed by atoms with E-state index in [2.05, 4.69) is 10.3 Å². The summed E-state index contributed by atoms with van der Waals surface area (Å²) < 4.78 is 11.7. The van der Waals surface area contributed by atoms with Crippen LogP contribution in [0.4, 0.5) is 0 Å². The molecule has 1 aliphatic rings. The maximum absolute atomic E-state index is 11.5. The number of aromatic nitrogens is 3. The summed E-state index contributed by atoms with van der Waals surface area (Å²) in [5.74, 6) is 0.388. The highest BCUT2D eigenvalue weighted by molar-refractivity contribution is 5.87. The fourth-order valence-electron chi connectivity index (χ4n) is 1.87. The van der Waals surface area contributed by atoms with Crippen LogP contribution in [0, 0.1) is 5.92 Å². The molecule has 0 spiro atoms. The molecule has 1 fully saturated rings. The molecule has 0 bridgehead atoms. The topological polar surface area (TPSA) is 70.2 Å². The number of rotatable bonds is 5. The highest BCUT2D eigenvalue weighted by Crippen LogP contribution is 2.30. The van der Waals surface area contributed by atoms with Crippen molar-refractivity contribution in [2.75, 3.05) is 6.61 Å². The number of hydrogen-bond acceptors (Lipinski definition) is 5. The molecule has 0 aromatic carbocycles. The second-order valence-corrected chi connectivity index (χ2v) is 4.69. The highest BCUT2D eigenvalue weighted by Gasteiger charge is 2.22. The lowest BCUT2D eigenvalue weighted by atomic mass is 10.2. The number of carbonyl (C=O) groups is 1. The Morgan fingerprint density at radius 2 is 2.42 bits per heavy atom. The van der Waals surface area contributed by atoms with Gasteiger partial charge in [-0.3, -0.25) is 4.68 Å². The molecule has 1 aliphatic carbocycles. The van der Waals surface area contributed by atoms with E-state index in [1.165, 1.54) is 12.8 Å². The van der Waals surface area contributed by atoms with Gasteiger partial charge in [0.1, 0.15) is 5.69 Å². The average Bonchev–Trinajstić information content (AvgIpc) is 2.92. The molecule has 6 heteroatoms. The minimum atomic E-state index is -0.494. The first-order valence-corrected chi connectivity index (χ1v) is 6.43. The molecule has 0 unspecified atom stereocenters. The smallest absolute Gasteiger partial charge is 0.377 e. The molecule has 0 amide bonds. The van der Waals surface area contributed by atoms with Gasteiger partial charge < -0.3 is 9.26 Å². The van der Waals surface area contributed by atoms with Gasteiger partial charge in [-0.1, -0.05) is 5.16 Å². The molecule has 2 heterocycles. The van der Waals surface area contributed by atoms with Crippen molar-refractivity contribution in [1.29, 1.82) is 0 Å². The Bertz CT molecular complexity index is 583. The van der Waals surface area contributed by atoms with E-state index in [0.717, 1.165) is 18.0 Å². The molecule has 100 valence electrons. The van der Waals surface area contributed by atoms with Crippen molar-refractivity contribution in [3.05, 3.63) is 24.2 Å². The van der Waals surface area contributed by atoms with Gasteiger partial charge in [0, 0.05) is 24.4 Å². The third kappa shape index (κ3) is 2.67. The van der Waals surface area contributed by atoms with Gasteiger partial charge in [-0.25, -0.2) is 4.79 Å². The molecule has 6 nitrogen and oxygen atoms in total. The second kappa shape index (κ2) is 4.87. The van der Waals surface area contributed by atoms with Crippen LogP contribution in [0.25, 0.3) is 11.3 Å². The van der Waals surface area contributed by atoms with E-state index in [4.69, 9.17) is 9.26 Å². The van der Waals surface area contributed by atoms with Gasteiger partial charge >= 0.3 is 5.97 Å². The number of hydrogen-bond donors (Lipinski definition) is 0. The third-order valence-electron chi connectivity index (χ3n) is 3.06. The number of carbonyl (C=O) groups excluding carboxylic acids is 1. The molecule has 0 atom stereocenters. The predicted octanol–water partition coefficient (Wildman–Crippen LogP) is 2.12. The summed E-state index contributed by atoms with van der Waals surface area (Å²) in [4.78, 5) is 11.5. The zero-order valence-corrected chi connectivity index (χ0v) is 10.7. The SMILES string of the molecule is CCOC(=O)c1cc(-c2cnn(CC3CC3)c2)no1. The van der Waals surface area contributed by atoms with Crippen LogP contribution in [-0.2, 0) is 11.3 Å². The summed E-state index contributed by atoms with van der Waals surface area (Å²) in [5.41, 5.74) is 1.45. The molecular formula is C13H15N3O3. The second-order valence-electron chi connectivity index (χ2n) is 4.69. The van der Waals surface area contributed by atoms with Gasteiger partial charge in [0.05, 0.1) is 12.8 Å². The van der Waals surface area contributed by atoms with Crippen LogP contribution in [0.5, 0.6) is 0 Å². The summed E-state index contributed by atoms with van der Waals surface area (Å²) in [6, 6.07) is 1.58. The zero-order chi connectivity index (χ0) is 13.2. The van der Waals surface area contributed by atoms with Crippen LogP contribution < -0.4 is 0 Å². The Morgan fingerprint density at radius 1 is 1.58 bits per heavy atom. The fourth-order valence-corrected chi connectivity index (χ4v) is 1.87. The van der Waals surface area contributed by atoms with E-state index < -0.39 is 5.97 Å². The van der Waals surface area contributed by atoms with E-state index in [0.29, 0.717) is 12.3 Å². The van der Waals surface area contributed by atoms with Gasteiger partial charge in [-0.2, -0.15) is 5.10 Å². The Labute approximate surface area is 110 Å². The van der Waals surface area contributed by atoms with E-state index in [-0.39, 0.29) is 5.76 Å². The van der Waals surface area contributed by atoms with Crippen LogP contribution in [0.15, 0.2) is 23.0 Å². The lowest BCUT2D eigenvalue weighted by molar-refractivity contribution is 0.0480. The first-order valence-electron chi connectivity index (χ1n) is 6.43.